The van der Waals surface area contributed by atoms with Crippen LogP contribution in [0.3, 0.4) is 0 Å². The molecule has 1 N–H and O–H groups in total. The molecular formula is C11H12BrNO2S. The van der Waals surface area contributed by atoms with Crippen LogP contribution in [0.4, 0.5) is 0 Å². The van der Waals surface area contributed by atoms with Gasteiger partial charge in [-0.15, -0.1) is 0 Å². The Kier molecular flexibility index (Phi) is 2.94. The molecule has 0 aliphatic heterocycles. The number of hydrogen-bond donors (Lipinski definition) is 1. The second kappa shape index (κ2) is 3.98. The van der Waals surface area contributed by atoms with Gasteiger partial charge >= 0.3 is 0 Å². The highest BCUT2D eigenvalue weighted by molar-refractivity contribution is 9.10. The lowest BCUT2D eigenvalue weighted by molar-refractivity contribution is 0.578. The van der Waals surface area contributed by atoms with E-state index in [0.29, 0.717) is 0 Å². The fourth-order valence-corrected chi connectivity index (χ4v) is 3.12. The summed E-state index contributed by atoms with van der Waals surface area (Å²) in [6.45, 7) is 1.93. The lowest BCUT2D eigenvalue weighted by Crippen LogP contribution is -2.27. The van der Waals surface area contributed by atoms with E-state index in [1.54, 1.807) is 0 Å². The molecule has 1 aromatic rings. The van der Waals surface area contributed by atoms with Gasteiger partial charge in [0.15, 0.2) is 0 Å². The number of halogens is 1. The third-order valence-electron chi connectivity index (χ3n) is 2.56. The molecule has 5 heteroatoms. The van der Waals surface area contributed by atoms with Crippen LogP contribution in [0.5, 0.6) is 0 Å². The van der Waals surface area contributed by atoms with Crippen molar-refractivity contribution in [1.29, 1.82) is 0 Å². The van der Waals surface area contributed by atoms with E-state index in [1.807, 2.05) is 31.2 Å². The van der Waals surface area contributed by atoms with Crippen molar-refractivity contribution in [2.24, 2.45) is 0 Å². The Balaban J connectivity index is 2.47. The summed E-state index contributed by atoms with van der Waals surface area (Å²) in [6, 6.07) is 5.57. The molecule has 0 saturated heterocycles. The topological polar surface area (TPSA) is 46.2 Å². The summed E-state index contributed by atoms with van der Waals surface area (Å²) in [6.07, 6.45) is 3.18. The highest BCUT2D eigenvalue weighted by Gasteiger charge is 2.25. The van der Waals surface area contributed by atoms with E-state index in [4.69, 9.17) is 0 Å². The zero-order valence-electron chi connectivity index (χ0n) is 8.99. The standard InChI is InChI=1S/C11H12BrNO2S/c1-7-6-9-8(4-3-5-10(9)12)11(7)13-16(2,14)15/h3-6,11,13H,1-2H3. The molecule has 1 atom stereocenters. The lowest BCUT2D eigenvalue weighted by atomic mass is 10.1. The summed E-state index contributed by atoms with van der Waals surface area (Å²) in [5, 5.41) is 0. The number of benzene rings is 1. The number of hydrogen-bond acceptors (Lipinski definition) is 2. The molecule has 0 spiro atoms. The molecule has 16 heavy (non-hydrogen) atoms. The first-order valence-corrected chi connectivity index (χ1v) is 7.51. The van der Waals surface area contributed by atoms with E-state index < -0.39 is 10.0 Å². The number of nitrogens with one attached hydrogen (secondary N) is 1. The summed E-state index contributed by atoms with van der Waals surface area (Å²) < 4.78 is 26.2. The lowest BCUT2D eigenvalue weighted by Gasteiger charge is -2.15. The monoisotopic (exact) mass is 301 g/mol. The quantitative estimate of drug-likeness (QED) is 0.912. The van der Waals surface area contributed by atoms with Crippen LogP contribution in [0.15, 0.2) is 28.2 Å². The predicted molar refractivity (Wildman–Crippen MR) is 68.5 cm³/mol. The molecule has 0 fully saturated rings. The van der Waals surface area contributed by atoms with Crippen LogP contribution < -0.4 is 4.72 Å². The van der Waals surface area contributed by atoms with E-state index in [2.05, 4.69) is 20.7 Å². The van der Waals surface area contributed by atoms with Crippen molar-refractivity contribution in [3.8, 4) is 0 Å². The summed E-state index contributed by atoms with van der Waals surface area (Å²) in [5.41, 5.74) is 3.06. The molecule has 0 aromatic heterocycles. The Bertz CT molecular complexity index is 563. The van der Waals surface area contributed by atoms with Gasteiger partial charge in [-0.25, -0.2) is 13.1 Å². The van der Waals surface area contributed by atoms with Crippen molar-refractivity contribution in [2.45, 2.75) is 13.0 Å². The van der Waals surface area contributed by atoms with Crippen molar-refractivity contribution < 1.29 is 8.42 Å². The van der Waals surface area contributed by atoms with Crippen LogP contribution in [-0.4, -0.2) is 14.7 Å². The van der Waals surface area contributed by atoms with Gasteiger partial charge in [0.25, 0.3) is 0 Å². The van der Waals surface area contributed by atoms with Gasteiger partial charge in [-0.3, -0.25) is 0 Å². The Morgan fingerprint density at radius 2 is 2.06 bits per heavy atom. The molecule has 0 radical (unpaired) electrons. The van der Waals surface area contributed by atoms with E-state index in [9.17, 15) is 8.42 Å². The predicted octanol–water partition coefficient (Wildman–Crippen LogP) is 2.46. The van der Waals surface area contributed by atoms with Gasteiger partial charge in [0.2, 0.25) is 10.0 Å². The van der Waals surface area contributed by atoms with Crippen molar-refractivity contribution in [1.82, 2.24) is 4.72 Å². The van der Waals surface area contributed by atoms with E-state index in [-0.39, 0.29) is 6.04 Å². The molecule has 1 aliphatic carbocycles. The van der Waals surface area contributed by atoms with Crippen LogP contribution >= 0.6 is 15.9 Å². The summed E-state index contributed by atoms with van der Waals surface area (Å²) >= 11 is 3.46. The minimum atomic E-state index is -3.20. The van der Waals surface area contributed by atoms with E-state index in [1.165, 1.54) is 6.26 Å². The Hall–Kier alpha value is -0.650. The molecule has 1 unspecified atom stereocenters. The fourth-order valence-electron chi connectivity index (χ4n) is 1.88. The molecule has 2 rings (SSSR count). The maximum atomic E-state index is 11.3. The molecule has 3 nitrogen and oxygen atoms in total. The number of fused-ring (bicyclic) bond motifs is 1. The smallest absolute Gasteiger partial charge is 0.209 e. The van der Waals surface area contributed by atoms with Gasteiger partial charge in [0.05, 0.1) is 12.3 Å². The fraction of sp³-hybridized carbons (Fsp3) is 0.273. The number of rotatable bonds is 2. The van der Waals surface area contributed by atoms with Crippen LogP contribution in [-0.2, 0) is 10.0 Å². The minimum Gasteiger partial charge on any atom is -0.213 e. The largest absolute Gasteiger partial charge is 0.213 e. The molecule has 1 aromatic carbocycles. The first-order chi connectivity index (χ1) is 7.38. The van der Waals surface area contributed by atoms with Crippen LogP contribution in [0.2, 0.25) is 0 Å². The van der Waals surface area contributed by atoms with Gasteiger partial charge in [-0.2, -0.15) is 0 Å². The third kappa shape index (κ3) is 2.21. The Morgan fingerprint density at radius 3 is 2.69 bits per heavy atom. The average molecular weight is 302 g/mol. The van der Waals surface area contributed by atoms with Gasteiger partial charge in [-0.1, -0.05) is 39.7 Å². The van der Waals surface area contributed by atoms with Crippen LogP contribution in [0, 0.1) is 0 Å². The van der Waals surface area contributed by atoms with E-state index >= 15 is 0 Å². The van der Waals surface area contributed by atoms with Crippen LogP contribution in [0.1, 0.15) is 24.1 Å². The van der Waals surface area contributed by atoms with Crippen LogP contribution in [0.25, 0.3) is 6.08 Å². The van der Waals surface area contributed by atoms with Gasteiger partial charge in [-0.05, 0) is 24.1 Å². The zero-order valence-corrected chi connectivity index (χ0v) is 11.4. The van der Waals surface area contributed by atoms with Crippen molar-refractivity contribution in [3.05, 3.63) is 39.4 Å². The van der Waals surface area contributed by atoms with Gasteiger partial charge in [0.1, 0.15) is 0 Å². The van der Waals surface area contributed by atoms with Crippen molar-refractivity contribution in [3.63, 3.8) is 0 Å². The molecule has 1 aliphatic rings. The second-order valence-corrected chi connectivity index (χ2v) is 6.59. The molecule has 0 saturated carbocycles. The summed E-state index contributed by atoms with van der Waals surface area (Å²) in [5.74, 6) is 0. The first kappa shape index (κ1) is 11.8. The average Bonchev–Trinajstić information content (AvgIpc) is 2.44. The van der Waals surface area contributed by atoms with Crippen molar-refractivity contribution in [2.75, 3.05) is 6.26 Å². The zero-order chi connectivity index (χ0) is 11.9. The number of sulfonamides is 1. The highest BCUT2D eigenvalue weighted by atomic mass is 79.9. The summed E-state index contributed by atoms with van der Waals surface area (Å²) in [7, 11) is -3.20. The third-order valence-corrected chi connectivity index (χ3v) is 3.91. The Morgan fingerprint density at radius 1 is 1.38 bits per heavy atom. The molecule has 86 valence electrons. The molecule has 0 bridgehead atoms. The maximum absolute atomic E-state index is 11.3. The second-order valence-electron chi connectivity index (χ2n) is 3.95. The highest BCUT2D eigenvalue weighted by Crippen LogP contribution is 2.38. The SMILES string of the molecule is CC1=Cc2c(Br)cccc2C1NS(C)(=O)=O. The Labute approximate surface area is 104 Å². The molecule has 0 heterocycles. The molecule has 0 amide bonds. The maximum Gasteiger partial charge on any atom is 0.209 e. The molecular weight excluding hydrogens is 290 g/mol. The van der Waals surface area contributed by atoms with Gasteiger partial charge in [0, 0.05) is 4.47 Å². The first-order valence-electron chi connectivity index (χ1n) is 4.82. The normalized spacial score (nSPS) is 19.4. The minimum absolute atomic E-state index is 0.234. The van der Waals surface area contributed by atoms with Gasteiger partial charge < -0.3 is 0 Å². The van der Waals surface area contributed by atoms with E-state index in [0.717, 1.165) is 21.2 Å². The van der Waals surface area contributed by atoms with Crippen molar-refractivity contribution >= 4 is 32.0 Å². The summed E-state index contributed by atoms with van der Waals surface area (Å²) in [4.78, 5) is 0.